The van der Waals surface area contributed by atoms with E-state index in [2.05, 4.69) is 28.0 Å². The van der Waals surface area contributed by atoms with Crippen LogP contribution < -0.4 is 10.4 Å². The van der Waals surface area contributed by atoms with Gasteiger partial charge in [0.1, 0.15) is 6.54 Å². The summed E-state index contributed by atoms with van der Waals surface area (Å²) < 4.78 is 0. The van der Waals surface area contributed by atoms with Gasteiger partial charge in [0.2, 0.25) is 11.8 Å². The van der Waals surface area contributed by atoms with E-state index in [0.717, 1.165) is 67.5 Å². The number of benzene rings is 2. The molecule has 206 valence electrons. The van der Waals surface area contributed by atoms with Crippen molar-refractivity contribution in [2.24, 2.45) is 0 Å². The van der Waals surface area contributed by atoms with Crippen LogP contribution in [0.5, 0.6) is 0 Å². The first-order valence-electron chi connectivity index (χ1n) is 14.7. The molecular weight excluding hydrogens is 503 g/mol. The molecule has 0 saturated carbocycles. The van der Waals surface area contributed by atoms with Gasteiger partial charge >= 0.3 is 0 Å². The van der Waals surface area contributed by atoms with Crippen molar-refractivity contribution in [3.8, 4) is 0 Å². The molecule has 4 aliphatic heterocycles. The highest BCUT2D eigenvalue weighted by Crippen LogP contribution is 2.47. The van der Waals surface area contributed by atoms with Crippen LogP contribution in [-0.2, 0) is 15.0 Å². The molecule has 3 aromatic rings. The molecule has 3 fully saturated rings. The number of H-pyrrole nitrogens is 1. The highest BCUT2D eigenvalue weighted by molar-refractivity contribution is 6.53. The Balaban J connectivity index is 1.12. The van der Waals surface area contributed by atoms with E-state index >= 15 is 0 Å². The fraction of sp³-hybridized carbons (Fsp3) is 0.467. The zero-order chi connectivity index (χ0) is 27.4. The summed E-state index contributed by atoms with van der Waals surface area (Å²) in [6.07, 6.45) is 5.18. The van der Waals surface area contributed by atoms with Crippen LogP contribution >= 0.6 is 0 Å². The molecule has 0 bridgehead atoms. The summed E-state index contributed by atoms with van der Waals surface area (Å²) in [6.45, 7) is 6.73. The predicted octanol–water partition coefficient (Wildman–Crippen LogP) is 1.50. The summed E-state index contributed by atoms with van der Waals surface area (Å²) in [5.74, 6) is 0.0284. The number of anilines is 1. The Morgan fingerprint density at radius 3 is 2.75 bits per heavy atom. The standard InChI is InChI=1S/C30H35BN6O3/c1-31-23-5-2-6-25-27(23)30(29(40)37(25)19-26(38)36-15-14-34-11-3-4-22(34)18-36)9-12-35(13-10-30)28(39)20-7-8-24-21(16-20)17-32-33-24/h2,5-8,16-17,22,31H,3-4,9-15,18-19H2,1H3,(H,32,33). The zero-order valence-electron chi connectivity index (χ0n) is 23.1. The topological polar surface area (TPSA) is 92.8 Å². The third kappa shape index (κ3) is 3.95. The highest BCUT2D eigenvalue weighted by Gasteiger charge is 2.53. The van der Waals surface area contributed by atoms with Crippen LogP contribution in [0.1, 0.15) is 41.6 Å². The van der Waals surface area contributed by atoms with Crippen molar-refractivity contribution in [3.05, 3.63) is 53.7 Å². The molecule has 9 nitrogen and oxygen atoms in total. The normalized spacial score (nSPS) is 22.2. The van der Waals surface area contributed by atoms with Gasteiger partial charge < -0.3 is 14.7 Å². The maximum absolute atomic E-state index is 14.3. The molecule has 0 radical (unpaired) electrons. The number of piperidine rings is 1. The third-order valence-corrected chi connectivity index (χ3v) is 9.76. The molecule has 5 heterocycles. The van der Waals surface area contributed by atoms with Gasteiger partial charge in [-0.3, -0.25) is 24.4 Å². The molecule has 1 atom stereocenters. The Bertz CT molecular complexity index is 1500. The highest BCUT2D eigenvalue weighted by atomic mass is 16.2. The maximum atomic E-state index is 14.3. The number of hydrogen-bond acceptors (Lipinski definition) is 5. The average molecular weight is 538 g/mol. The summed E-state index contributed by atoms with van der Waals surface area (Å²) in [5.41, 5.74) is 3.94. The van der Waals surface area contributed by atoms with Gasteiger partial charge in [-0.2, -0.15) is 5.10 Å². The molecule has 40 heavy (non-hydrogen) atoms. The number of nitrogens with zero attached hydrogens (tertiary/aromatic N) is 5. The van der Waals surface area contributed by atoms with E-state index in [4.69, 9.17) is 0 Å². The van der Waals surface area contributed by atoms with Crippen molar-refractivity contribution in [2.45, 2.75) is 44.0 Å². The van der Waals surface area contributed by atoms with Crippen LogP contribution in [0.2, 0.25) is 6.82 Å². The monoisotopic (exact) mass is 538 g/mol. The van der Waals surface area contributed by atoms with Gasteiger partial charge in [-0.1, -0.05) is 24.4 Å². The molecule has 4 aliphatic rings. The lowest BCUT2D eigenvalue weighted by Gasteiger charge is -2.40. The second-order valence-electron chi connectivity index (χ2n) is 11.8. The first-order valence-corrected chi connectivity index (χ1v) is 14.7. The van der Waals surface area contributed by atoms with Gasteiger partial charge in [0.15, 0.2) is 7.28 Å². The van der Waals surface area contributed by atoms with E-state index in [1.807, 2.05) is 40.1 Å². The number of amides is 3. The number of piperazine rings is 1. The molecular formula is C30H35BN6O3. The van der Waals surface area contributed by atoms with Gasteiger partial charge in [0.25, 0.3) is 5.91 Å². The van der Waals surface area contributed by atoms with Gasteiger partial charge in [-0.25, -0.2) is 0 Å². The van der Waals surface area contributed by atoms with E-state index in [1.165, 1.54) is 6.42 Å². The molecule has 3 saturated heterocycles. The van der Waals surface area contributed by atoms with Crippen LogP contribution in [0.4, 0.5) is 5.69 Å². The van der Waals surface area contributed by atoms with Crippen LogP contribution in [0, 0.1) is 0 Å². The lowest BCUT2D eigenvalue weighted by Crippen LogP contribution is -2.55. The number of rotatable bonds is 4. The van der Waals surface area contributed by atoms with Crippen molar-refractivity contribution in [2.75, 3.05) is 50.7 Å². The largest absolute Gasteiger partial charge is 0.339 e. The predicted molar refractivity (Wildman–Crippen MR) is 156 cm³/mol. The van der Waals surface area contributed by atoms with E-state index in [-0.39, 0.29) is 24.3 Å². The molecule has 0 aliphatic carbocycles. The van der Waals surface area contributed by atoms with E-state index in [0.29, 0.717) is 37.5 Å². The first kappa shape index (κ1) is 25.3. The molecule has 1 spiro atoms. The molecule has 1 unspecified atom stereocenters. The summed E-state index contributed by atoms with van der Waals surface area (Å²) in [4.78, 5) is 49.4. The number of aromatic amines is 1. The van der Waals surface area contributed by atoms with Crippen LogP contribution in [-0.4, -0.2) is 102 Å². The number of carbonyl (C=O) groups excluding carboxylic acids is 3. The molecule has 1 aromatic heterocycles. The Hall–Kier alpha value is -3.66. The Kier molecular flexibility index (Phi) is 6.18. The van der Waals surface area contributed by atoms with Crippen molar-refractivity contribution in [1.29, 1.82) is 0 Å². The molecule has 7 rings (SSSR count). The Morgan fingerprint density at radius 2 is 1.93 bits per heavy atom. The maximum Gasteiger partial charge on any atom is 0.253 e. The van der Waals surface area contributed by atoms with Gasteiger partial charge in [0.05, 0.1) is 17.1 Å². The zero-order valence-corrected chi connectivity index (χ0v) is 23.1. The average Bonchev–Trinajstić information content (AvgIpc) is 3.71. The van der Waals surface area contributed by atoms with Crippen molar-refractivity contribution < 1.29 is 14.4 Å². The fourth-order valence-corrected chi connectivity index (χ4v) is 7.56. The van der Waals surface area contributed by atoms with Gasteiger partial charge in [0, 0.05) is 55.4 Å². The lowest BCUT2D eigenvalue weighted by molar-refractivity contribution is -0.134. The molecule has 10 heteroatoms. The van der Waals surface area contributed by atoms with Crippen LogP contribution in [0.25, 0.3) is 10.9 Å². The van der Waals surface area contributed by atoms with E-state index in [1.54, 1.807) is 11.1 Å². The molecule has 3 amide bonds. The second-order valence-corrected chi connectivity index (χ2v) is 11.8. The number of likely N-dealkylation sites (tertiary alicyclic amines) is 1. The Morgan fingerprint density at radius 1 is 1.07 bits per heavy atom. The minimum absolute atomic E-state index is 0.0168. The van der Waals surface area contributed by atoms with Crippen LogP contribution in [0.15, 0.2) is 42.6 Å². The van der Waals surface area contributed by atoms with Gasteiger partial charge in [-0.05, 0) is 62.1 Å². The Labute approximate surface area is 234 Å². The van der Waals surface area contributed by atoms with E-state index < -0.39 is 5.41 Å². The number of carbonyl (C=O) groups is 3. The second kappa shape index (κ2) is 9.76. The summed E-state index contributed by atoms with van der Waals surface area (Å²) in [5, 5.41) is 7.89. The smallest absolute Gasteiger partial charge is 0.253 e. The van der Waals surface area contributed by atoms with E-state index in [9.17, 15) is 14.4 Å². The number of aromatic nitrogens is 2. The quantitative estimate of drug-likeness (QED) is 0.509. The third-order valence-electron chi connectivity index (χ3n) is 9.76. The fourth-order valence-electron chi connectivity index (χ4n) is 7.56. The number of hydrogen-bond donors (Lipinski definition) is 1. The summed E-state index contributed by atoms with van der Waals surface area (Å²) in [7, 11) is 0.816. The lowest BCUT2D eigenvalue weighted by atomic mass is 9.63. The summed E-state index contributed by atoms with van der Waals surface area (Å²) >= 11 is 0. The molecule has 2 aromatic carbocycles. The first-order chi connectivity index (χ1) is 19.5. The minimum atomic E-state index is -0.697. The number of fused-ring (bicyclic) bond motifs is 4. The van der Waals surface area contributed by atoms with Crippen molar-refractivity contribution in [1.82, 2.24) is 24.9 Å². The van der Waals surface area contributed by atoms with Crippen molar-refractivity contribution >= 4 is 47.1 Å². The van der Waals surface area contributed by atoms with Crippen LogP contribution in [0.3, 0.4) is 0 Å². The SMILES string of the molecule is CBc1cccc2c1C1(CCN(C(=O)c3ccc4[nH]ncc4c3)CC1)C(=O)N2CC(=O)N1CCN2CCCC2C1. The van der Waals surface area contributed by atoms with Crippen molar-refractivity contribution in [3.63, 3.8) is 0 Å². The van der Waals surface area contributed by atoms with Gasteiger partial charge in [-0.15, -0.1) is 0 Å². The number of nitrogens with one attached hydrogen (secondary N) is 1. The molecule has 1 N–H and O–H groups in total. The summed E-state index contributed by atoms with van der Waals surface area (Å²) in [6, 6.07) is 12.1. The minimum Gasteiger partial charge on any atom is -0.339 e.